The molecule has 2 aromatic rings. The van der Waals surface area contributed by atoms with Gasteiger partial charge in [-0.15, -0.1) is 11.3 Å². The molecule has 104 valence electrons. The van der Waals surface area contributed by atoms with Crippen LogP contribution in [0.5, 0.6) is 0 Å². The van der Waals surface area contributed by atoms with Crippen LogP contribution in [0.25, 0.3) is 11.5 Å². The van der Waals surface area contributed by atoms with Crippen molar-refractivity contribution in [1.29, 1.82) is 0 Å². The van der Waals surface area contributed by atoms with Crippen LogP contribution in [0.4, 0.5) is 0 Å². The zero-order valence-corrected chi connectivity index (χ0v) is 12.6. The molecular weight excluding hydrogens is 260 g/mol. The molecule has 0 radical (unpaired) electrons. The lowest BCUT2D eigenvalue weighted by Gasteiger charge is -2.24. The standard InChI is InChI=1S/C13H20N4OS/c1-5-14-9(4)11(8(2)3)13-16-12(17-18-13)10-6-19-7-15-10/h6-9,11,14H,5H2,1-4H3. The molecule has 2 heterocycles. The summed E-state index contributed by atoms with van der Waals surface area (Å²) >= 11 is 1.53. The van der Waals surface area contributed by atoms with Gasteiger partial charge in [-0.05, 0) is 19.4 Å². The zero-order valence-electron chi connectivity index (χ0n) is 11.8. The van der Waals surface area contributed by atoms with Crippen LogP contribution in [0.1, 0.15) is 39.5 Å². The Labute approximate surface area is 117 Å². The summed E-state index contributed by atoms with van der Waals surface area (Å²) in [5, 5.41) is 9.39. The van der Waals surface area contributed by atoms with Gasteiger partial charge in [0.05, 0.1) is 11.4 Å². The van der Waals surface area contributed by atoms with E-state index in [1.165, 1.54) is 11.3 Å². The van der Waals surface area contributed by atoms with Crippen LogP contribution in [-0.4, -0.2) is 27.7 Å². The number of likely N-dealkylation sites (N-methyl/N-ethyl adjacent to an activating group) is 1. The van der Waals surface area contributed by atoms with Crippen LogP contribution < -0.4 is 5.32 Å². The summed E-state index contributed by atoms with van der Waals surface area (Å²) in [5.74, 6) is 1.90. The van der Waals surface area contributed by atoms with E-state index in [-0.39, 0.29) is 5.92 Å². The van der Waals surface area contributed by atoms with E-state index in [1.54, 1.807) is 5.51 Å². The van der Waals surface area contributed by atoms with E-state index in [1.807, 2.05) is 5.38 Å². The third-order valence-corrected chi connectivity index (χ3v) is 3.76. The summed E-state index contributed by atoms with van der Waals surface area (Å²) < 4.78 is 5.44. The summed E-state index contributed by atoms with van der Waals surface area (Å²) in [4.78, 5) is 8.71. The van der Waals surface area contributed by atoms with E-state index < -0.39 is 0 Å². The van der Waals surface area contributed by atoms with Gasteiger partial charge in [0, 0.05) is 11.4 Å². The van der Waals surface area contributed by atoms with Crippen LogP contribution >= 0.6 is 11.3 Å². The number of hydrogen-bond donors (Lipinski definition) is 1. The Balaban J connectivity index is 2.23. The maximum atomic E-state index is 5.44. The molecule has 0 aliphatic rings. The molecule has 2 aromatic heterocycles. The predicted molar refractivity (Wildman–Crippen MR) is 76.1 cm³/mol. The topological polar surface area (TPSA) is 63.8 Å². The highest BCUT2D eigenvalue weighted by molar-refractivity contribution is 7.07. The predicted octanol–water partition coefficient (Wildman–Crippen LogP) is 2.93. The Hall–Kier alpha value is -1.27. The number of nitrogens with zero attached hydrogens (tertiary/aromatic N) is 3. The monoisotopic (exact) mass is 280 g/mol. The normalized spacial score (nSPS) is 14.8. The summed E-state index contributed by atoms with van der Waals surface area (Å²) in [6, 6.07) is 0.300. The average molecular weight is 280 g/mol. The molecule has 1 N–H and O–H groups in total. The molecule has 5 nitrogen and oxygen atoms in total. The van der Waals surface area contributed by atoms with E-state index in [2.05, 4.69) is 48.1 Å². The smallest absolute Gasteiger partial charge is 0.231 e. The molecule has 2 atom stereocenters. The van der Waals surface area contributed by atoms with Gasteiger partial charge < -0.3 is 9.84 Å². The van der Waals surface area contributed by atoms with Crippen molar-refractivity contribution in [2.75, 3.05) is 6.54 Å². The van der Waals surface area contributed by atoms with Crippen molar-refractivity contribution >= 4 is 11.3 Å². The van der Waals surface area contributed by atoms with Crippen molar-refractivity contribution < 1.29 is 4.52 Å². The second kappa shape index (κ2) is 6.25. The number of nitrogens with one attached hydrogen (secondary N) is 1. The fourth-order valence-corrected chi connectivity index (χ4v) is 2.85. The third-order valence-electron chi connectivity index (χ3n) is 3.17. The molecule has 0 aliphatic carbocycles. The lowest BCUT2D eigenvalue weighted by molar-refractivity contribution is 0.281. The van der Waals surface area contributed by atoms with Gasteiger partial charge >= 0.3 is 0 Å². The van der Waals surface area contributed by atoms with Crippen LogP contribution in [0.3, 0.4) is 0 Å². The SMILES string of the molecule is CCNC(C)C(c1nc(-c2cscn2)no1)C(C)C. The van der Waals surface area contributed by atoms with Gasteiger partial charge in [0.15, 0.2) is 0 Å². The molecule has 0 saturated heterocycles. The highest BCUT2D eigenvalue weighted by Gasteiger charge is 2.28. The minimum atomic E-state index is 0.208. The Morgan fingerprint density at radius 1 is 1.37 bits per heavy atom. The Morgan fingerprint density at radius 3 is 2.74 bits per heavy atom. The molecule has 0 saturated carbocycles. The van der Waals surface area contributed by atoms with E-state index in [0.29, 0.717) is 23.7 Å². The van der Waals surface area contributed by atoms with E-state index in [9.17, 15) is 0 Å². The molecule has 0 bridgehead atoms. The second-order valence-corrected chi connectivity index (χ2v) is 5.66. The molecule has 0 spiro atoms. The van der Waals surface area contributed by atoms with Crippen LogP contribution in [0.15, 0.2) is 15.4 Å². The van der Waals surface area contributed by atoms with Gasteiger partial charge in [0.1, 0.15) is 5.69 Å². The van der Waals surface area contributed by atoms with Gasteiger partial charge in [0.2, 0.25) is 11.7 Å². The van der Waals surface area contributed by atoms with E-state index in [0.717, 1.165) is 12.2 Å². The number of rotatable bonds is 6. The van der Waals surface area contributed by atoms with Gasteiger partial charge in [-0.25, -0.2) is 4.98 Å². The van der Waals surface area contributed by atoms with Crippen molar-refractivity contribution in [2.24, 2.45) is 5.92 Å². The first-order valence-corrected chi connectivity index (χ1v) is 7.53. The summed E-state index contributed by atoms with van der Waals surface area (Å²) in [6.07, 6.45) is 0. The van der Waals surface area contributed by atoms with Gasteiger partial charge in [-0.1, -0.05) is 25.9 Å². The first kappa shape index (κ1) is 14.1. The molecule has 2 rings (SSSR count). The molecule has 0 fully saturated rings. The lowest BCUT2D eigenvalue weighted by Crippen LogP contribution is -2.34. The molecule has 0 aromatic carbocycles. The first-order chi connectivity index (χ1) is 9.13. The van der Waals surface area contributed by atoms with Crippen molar-refractivity contribution in [3.05, 3.63) is 16.8 Å². The third kappa shape index (κ3) is 3.19. The van der Waals surface area contributed by atoms with Crippen LogP contribution in [0.2, 0.25) is 0 Å². The Kier molecular flexibility index (Phi) is 4.66. The number of aromatic nitrogens is 3. The van der Waals surface area contributed by atoms with Gasteiger partial charge in [-0.2, -0.15) is 4.98 Å². The van der Waals surface area contributed by atoms with Crippen LogP contribution in [-0.2, 0) is 0 Å². The average Bonchev–Trinajstić information content (AvgIpc) is 2.98. The minimum Gasteiger partial charge on any atom is -0.339 e. The molecule has 6 heteroatoms. The first-order valence-electron chi connectivity index (χ1n) is 6.59. The maximum Gasteiger partial charge on any atom is 0.231 e. The highest BCUT2D eigenvalue weighted by atomic mass is 32.1. The van der Waals surface area contributed by atoms with Crippen LogP contribution in [0, 0.1) is 5.92 Å². The van der Waals surface area contributed by atoms with Crippen molar-refractivity contribution in [1.82, 2.24) is 20.4 Å². The highest BCUT2D eigenvalue weighted by Crippen LogP contribution is 2.28. The van der Waals surface area contributed by atoms with Crippen molar-refractivity contribution in [2.45, 2.75) is 39.7 Å². The molecule has 0 aliphatic heterocycles. The largest absolute Gasteiger partial charge is 0.339 e. The minimum absolute atomic E-state index is 0.208. The number of hydrogen-bond acceptors (Lipinski definition) is 6. The van der Waals surface area contributed by atoms with E-state index in [4.69, 9.17) is 4.52 Å². The second-order valence-electron chi connectivity index (χ2n) is 4.95. The maximum absolute atomic E-state index is 5.44. The molecule has 0 amide bonds. The fraction of sp³-hybridized carbons (Fsp3) is 0.615. The molecule has 19 heavy (non-hydrogen) atoms. The molecular formula is C13H20N4OS. The van der Waals surface area contributed by atoms with E-state index >= 15 is 0 Å². The lowest BCUT2D eigenvalue weighted by atomic mass is 9.89. The van der Waals surface area contributed by atoms with Gasteiger partial charge in [-0.3, -0.25) is 0 Å². The zero-order chi connectivity index (χ0) is 13.8. The number of thiazole rings is 1. The Morgan fingerprint density at radius 2 is 2.16 bits per heavy atom. The van der Waals surface area contributed by atoms with Gasteiger partial charge in [0.25, 0.3) is 0 Å². The molecule has 2 unspecified atom stereocenters. The fourth-order valence-electron chi connectivity index (χ4n) is 2.32. The van der Waals surface area contributed by atoms with Crippen molar-refractivity contribution in [3.8, 4) is 11.5 Å². The Bertz CT molecular complexity index is 494. The van der Waals surface area contributed by atoms with Crippen molar-refractivity contribution in [3.63, 3.8) is 0 Å². The summed E-state index contributed by atoms with van der Waals surface area (Å²) in [7, 11) is 0. The summed E-state index contributed by atoms with van der Waals surface area (Å²) in [5.41, 5.74) is 2.55. The quantitative estimate of drug-likeness (QED) is 0.881. The summed E-state index contributed by atoms with van der Waals surface area (Å²) in [6.45, 7) is 9.52.